The van der Waals surface area contributed by atoms with Crippen LogP contribution in [0.25, 0.3) is 16.8 Å². The van der Waals surface area contributed by atoms with E-state index < -0.39 is 6.43 Å². The molecule has 26 heavy (non-hydrogen) atoms. The first-order valence-corrected chi connectivity index (χ1v) is 8.42. The quantitative estimate of drug-likeness (QED) is 0.744. The highest BCUT2D eigenvalue weighted by Crippen LogP contribution is 2.35. The van der Waals surface area contributed by atoms with Crippen LogP contribution in [0.3, 0.4) is 0 Å². The van der Waals surface area contributed by atoms with Crippen LogP contribution in [0.15, 0.2) is 30.7 Å². The number of nitrogens with two attached hydrogens (primary N) is 2. The summed E-state index contributed by atoms with van der Waals surface area (Å²) in [4.78, 5) is 9.97. The number of anilines is 2. The third kappa shape index (κ3) is 2.84. The topological polar surface area (TPSA) is 98.4 Å². The van der Waals surface area contributed by atoms with Crippen LogP contribution in [-0.2, 0) is 0 Å². The number of fused-ring (bicyclic) bond motifs is 1. The monoisotopic (exact) mass is 359 g/mol. The number of hydrogen-bond donors (Lipinski definition) is 2. The summed E-state index contributed by atoms with van der Waals surface area (Å²) in [5.74, 6) is 0.337. The van der Waals surface area contributed by atoms with Crippen LogP contribution in [0, 0.1) is 0 Å². The number of nitrogens with zero attached hydrogens (tertiary/aromatic N) is 5. The van der Waals surface area contributed by atoms with Gasteiger partial charge in [-0.1, -0.05) is 0 Å². The first-order valence-electron chi connectivity index (χ1n) is 8.42. The second-order valence-electron chi connectivity index (χ2n) is 6.44. The van der Waals surface area contributed by atoms with Gasteiger partial charge in [0.05, 0.1) is 11.4 Å². The van der Waals surface area contributed by atoms with Crippen molar-refractivity contribution >= 4 is 17.0 Å². The predicted molar refractivity (Wildman–Crippen MR) is 95.0 cm³/mol. The maximum absolute atomic E-state index is 13.0. The Bertz CT molecular complexity index is 940. The molecule has 4 heterocycles. The molecule has 0 bridgehead atoms. The Morgan fingerprint density at radius 1 is 1.23 bits per heavy atom. The van der Waals surface area contributed by atoms with Crippen molar-refractivity contribution in [3.8, 4) is 11.3 Å². The largest absolute Gasteiger partial charge is 0.382 e. The van der Waals surface area contributed by atoms with Crippen LogP contribution in [-0.4, -0.2) is 38.7 Å². The predicted octanol–water partition coefficient (Wildman–Crippen LogP) is 2.24. The Hall–Kier alpha value is -2.81. The average Bonchev–Trinajstić information content (AvgIpc) is 3.03. The van der Waals surface area contributed by atoms with Gasteiger partial charge in [0.1, 0.15) is 17.5 Å². The molecule has 0 saturated carbocycles. The Labute approximate surface area is 148 Å². The number of rotatable bonds is 3. The molecule has 1 fully saturated rings. The second-order valence-corrected chi connectivity index (χ2v) is 6.44. The van der Waals surface area contributed by atoms with Crippen LogP contribution >= 0.6 is 0 Å². The van der Waals surface area contributed by atoms with Gasteiger partial charge in [-0.05, 0) is 31.0 Å². The second kappa shape index (κ2) is 6.49. The lowest BCUT2D eigenvalue weighted by Crippen LogP contribution is -2.42. The van der Waals surface area contributed by atoms with Crippen LogP contribution in [0.4, 0.5) is 20.3 Å². The zero-order valence-corrected chi connectivity index (χ0v) is 14.0. The van der Waals surface area contributed by atoms with Crippen LogP contribution in [0.2, 0.25) is 0 Å². The molecule has 4 N–H and O–H groups in total. The van der Waals surface area contributed by atoms with Crippen molar-refractivity contribution in [3.05, 3.63) is 36.4 Å². The lowest BCUT2D eigenvalue weighted by molar-refractivity contribution is 0.146. The van der Waals surface area contributed by atoms with Crippen molar-refractivity contribution in [3.63, 3.8) is 0 Å². The number of hydrogen-bond acceptors (Lipinski definition) is 6. The number of piperidine rings is 1. The number of alkyl halides is 2. The summed E-state index contributed by atoms with van der Waals surface area (Å²) in [7, 11) is 0. The van der Waals surface area contributed by atoms with E-state index >= 15 is 0 Å². The van der Waals surface area contributed by atoms with Gasteiger partial charge in [-0.3, -0.25) is 4.98 Å². The van der Waals surface area contributed by atoms with E-state index in [1.165, 1.54) is 18.6 Å². The Morgan fingerprint density at radius 2 is 2.08 bits per heavy atom. The molecule has 1 atom stereocenters. The summed E-state index contributed by atoms with van der Waals surface area (Å²) >= 11 is 0. The standard InChI is InChI=1S/C17H19F2N7/c18-16(19)12-6-10(3-4-22-12)13-7-14(25-5-1-2-11(20)8-25)15-17(21)23-9-24-26(13)15/h3-4,6-7,9,11,16H,1-2,5,8,20H2,(H2,21,23,24). The van der Waals surface area contributed by atoms with Gasteiger partial charge in [0.2, 0.25) is 0 Å². The minimum Gasteiger partial charge on any atom is -0.382 e. The summed E-state index contributed by atoms with van der Waals surface area (Å²) in [5.41, 5.74) is 14.7. The van der Waals surface area contributed by atoms with Crippen LogP contribution in [0.1, 0.15) is 25.0 Å². The minimum absolute atomic E-state index is 0.0827. The fourth-order valence-corrected chi connectivity index (χ4v) is 3.45. The van der Waals surface area contributed by atoms with Gasteiger partial charge >= 0.3 is 0 Å². The van der Waals surface area contributed by atoms with Crippen LogP contribution in [0.5, 0.6) is 0 Å². The zero-order chi connectivity index (χ0) is 18.3. The van der Waals surface area contributed by atoms with Gasteiger partial charge in [-0.15, -0.1) is 0 Å². The molecular formula is C17H19F2N7. The van der Waals surface area contributed by atoms with E-state index in [1.807, 2.05) is 6.07 Å². The highest BCUT2D eigenvalue weighted by molar-refractivity contribution is 5.88. The lowest BCUT2D eigenvalue weighted by Gasteiger charge is -2.32. The van der Waals surface area contributed by atoms with E-state index in [0.29, 0.717) is 29.1 Å². The number of pyridine rings is 1. The Morgan fingerprint density at radius 3 is 2.85 bits per heavy atom. The van der Waals surface area contributed by atoms with Crippen molar-refractivity contribution < 1.29 is 8.78 Å². The maximum atomic E-state index is 13.0. The maximum Gasteiger partial charge on any atom is 0.280 e. The van der Waals surface area contributed by atoms with Crippen molar-refractivity contribution in [2.45, 2.75) is 25.3 Å². The lowest BCUT2D eigenvalue weighted by atomic mass is 10.1. The van der Waals surface area contributed by atoms with Crippen LogP contribution < -0.4 is 16.4 Å². The fraction of sp³-hybridized carbons (Fsp3) is 0.353. The third-order valence-electron chi connectivity index (χ3n) is 4.66. The van der Waals surface area contributed by atoms with E-state index in [2.05, 4.69) is 20.0 Å². The van der Waals surface area contributed by atoms with Gasteiger partial charge in [0, 0.05) is 30.9 Å². The molecule has 1 aliphatic heterocycles. The summed E-state index contributed by atoms with van der Waals surface area (Å²) in [5, 5.41) is 4.29. The molecule has 0 radical (unpaired) electrons. The molecule has 0 aromatic carbocycles. The number of halogens is 2. The molecule has 1 unspecified atom stereocenters. The molecule has 3 aromatic rings. The molecular weight excluding hydrogens is 340 g/mol. The Kier molecular flexibility index (Phi) is 4.15. The van der Waals surface area contributed by atoms with Crippen molar-refractivity contribution in [1.29, 1.82) is 0 Å². The molecule has 136 valence electrons. The van der Waals surface area contributed by atoms with E-state index in [0.717, 1.165) is 25.1 Å². The van der Waals surface area contributed by atoms with Crippen molar-refractivity contribution in [2.75, 3.05) is 23.7 Å². The molecule has 0 spiro atoms. The SMILES string of the molecule is Nc1ncnn2c(-c3ccnc(C(F)F)c3)cc(N3CCCC(N)C3)c12. The smallest absolute Gasteiger partial charge is 0.280 e. The molecule has 7 nitrogen and oxygen atoms in total. The average molecular weight is 359 g/mol. The fourth-order valence-electron chi connectivity index (χ4n) is 3.45. The van der Waals surface area contributed by atoms with E-state index in [9.17, 15) is 8.78 Å². The van der Waals surface area contributed by atoms with E-state index in [1.54, 1.807) is 10.6 Å². The van der Waals surface area contributed by atoms with Crippen molar-refractivity contribution in [1.82, 2.24) is 19.6 Å². The van der Waals surface area contributed by atoms with Crippen molar-refractivity contribution in [2.24, 2.45) is 5.73 Å². The zero-order valence-electron chi connectivity index (χ0n) is 14.0. The molecule has 4 rings (SSSR count). The highest BCUT2D eigenvalue weighted by atomic mass is 19.3. The minimum atomic E-state index is -2.64. The molecule has 0 amide bonds. The van der Waals surface area contributed by atoms with Gasteiger partial charge < -0.3 is 16.4 Å². The van der Waals surface area contributed by atoms with Gasteiger partial charge in [-0.2, -0.15) is 5.10 Å². The number of nitrogen functional groups attached to an aromatic ring is 1. The molecule has 0 aliphatic carbocycles. The normalized spacial score (nSPS) is 18.0. The van der Waals surface area contributed by atoms with E-state index in [4.69, 9.17) is 11.5 Å². The van der Waals surface area contributed by atoms with Gasteiger partial charge in [-0.25, -0.2) is 18.3 Å². The number of aromatic nitrogens is 4. The summed E-state index contributed by atoms with van der Waals surface area (Å²) in [6, 6.07) is 5.04. The Balaban J connectivity index is 1.89. The van der Waals surface area contributed by atoms with E-state index in [-0.39, 0.29) is 11.7 Å². The summed E-state index contributed by atoms with van der Waals surface area (Å²) in [6.45, 7) is 1.55. The summed E-state index contributed by atoms with van der Waals surface area (Å²) in [6.07, 6.45) is 2.04. The summed E-state index contributed by atoms with van der Waals surface area (Å²) < 4.78 is 27.7. The molecule has 9 heteroatoms. The third-order valence-corrected chi connectivity index (χ3v) is 4.66. The highest BCUT2D eigenvalue weighted by Gasteiger charge is 2.24. The van der Waals surface area contributed by atoms with Gasteiger partial charge in [0.15, 0.2) is 5.82 Å². The molecule has 3 aromatic heterocycles. The first-order chi connectivity index (χ1) is 12.5. The first kappa shape index (κ1) is 16.6. The van der Waals surface area contributed by atoms with Gasteiger partial charge in [0.25, 0.3) is 6.43 Å². The molecule has 1 saturated heterocycles. The molecule has 1 aliphatic rings.